The van der Waals surface area contributed by atoms with Crippen LogP contribution < -0.4 is 5.69 Å². The van der Waals surface area contributed by atoms with Crippen LogP contribution in [0.5, 0.6) is 0 Å². The van der Waals surface area contributed by atoms with E-state index in [1.165, 1.54) is 18.2 Å². The summed E-state index contributed by atoms with van der Waals surface area (Å²) in [6, 6.07) is 4.43. The van der Waals surface area contributed by atoms with Crippen molar-refractivity contribution in [2.24, 2.45) is 0 Å². The van der Waals surface area contributed by atoms with Gasteiger partial charge >= 0.3 is 11.7 Å². The average Bonchev–Trinajstić information content (AvgIpc) is 2.60. The average molecular weight is 273 g/mol. The van der Waals surface area contributed by atoms with Crippen molar-refractivity contribution in [1.29, 1.82) is 0 Å². The van der Waals surface area contributed by atoms with Crippen LogP contribution >= 0.6 is 23.2 Å². The highest BCUT2D eigenvalue weighted by atomic mass is 35.5. The molecular formula is C10H6Cl2N2O3. The van der Waals surface area contributed by atoms with Gasteiger partial charge < -0.3 is 10.1 Å². The van der Waals surface area contributed by atoms with E-state index in [0.717, 1.165) is 10.8 Å². The summed E-state index contributed by atoms with van der Waals surface area (Å²) >= 11 is 11.6. The van der Waals surface area contributed by atoms with E-state index < -0.39 is 11.7 Å². The molecule has 0 radical (unpaired) electrons. The zero-order chi connectivity index (χ0) is 12.6. The predicted molar refractivity (Wildman–Crippen MR) is 63.4 cm³/mol. The van der Waals surface area contributed by atoms with Crippen molar-refractivity contribution in [3.8, 4) is 5.69 Å². The van der Waals surface area contributed by atoms with Crippen molar-refractivity contribution in [1.82, 2.24) is 9.55 Å². The highest BCUT2D eigenvalue weighted by Crippen LogP contribution is 2.24. The zero-order valence-corrected chi connectivity index (χ0v) is 9.79. The molecule has 2 aromatic rings. The zero-order valence-electron chi connectivity index (χ0n) is 8.28. The van der Waals surface area contributed by atoms with Crippen molar-refractivity contribution in [2.75, 3.05) is 0 Å². The lowest BCUT2D eigenvalue weighted by Gasteiger charge is -2.06. The van der Waals surface area contributed by atoms with Gasteiger partial charge in [0.05, 0.1) is 10.7 Å². The molecule has 5 nitrogen and oxygen atoms in total. The Bertz CT molecular complexity index is 645. The summed E-state index contributed by atoms with van der Waals surface area (Å²) in [6.07, 6.45) is 1.11. The van der Waals surface area contributed by atoms with Crippen LogP contribution in [-0.4, -0.2) is 20.6 Å². The van der Waals surface area contributed by atoms with Crippen LogP contribution in [0, 0.1) is 0 Å². The van der Waals surface area contributed by atoms with Gasteiger partial charge in [0, 0.05) is 11.2 Å². The Kier molecular flexibility index (Phi) is 2.95. The molecule has 0 spiro atoms. The maximum absolute atomic E-state index is 11.5. The van der Waals surface area contributed by atoms with Gasteiger partial charge in [-0.3, -0.25) is 4.57 Å². The highest BCUT2D eigenvalue weighted by molar-refractivity contribution is 6.35. The standard InChI is InChI=1S/C10H6Cl2N2O3/c11-5-1-2-7(6(12)3-5)14-8(9(15)16)4-13-10(14)17/h1-4H,(H,13,17)(H,15,16). The number of nitrogens with one attached hydrogen (secondary N) is 1. The molecule has 7 heteroatoms. The smallest absolute Gasteiger partial charge is 0.354 e. The van der Waals surface area contributed by atoms with Gasteiger partial charge in [-0.2, -0.15) is 0 Å². The number of aromatic nitrogens is 2. The second-order valence-electron chi connectivity index (χ2n) is 3.22. The molecule has 88 valence electrons. The molecule has 0 aliphatic rings. The summed E-state index contributed by atoms with van der Waals surface area (Å²) in [7, 11) is 0. The van der Waals surface area contributed by atoms with Gasteiger partial charge in [-0.05, 0) is 18.2 Å². The van der Waals surface area contributed by atoms with E-state index >= 15 is 0 Å². The minimum absolute atomic E-state index is 0.195. The summed E-state index contributed by atoms with van der Waals surface area (Å²) < 4.78 is 0.973. The van der Waals surface area contributed by atoms with Crippen LogP contribution in [0.2, 0.25) is 10.0 Å². The minimum Gasteiger partial charge on any atom is -0.477 e. The molecule has 0 unspecified atom stereocenters. The van der Waals surface area contributed by atoms with Crippen LogP contribution in [-0.2, 0) is 0 Å². The Hall–Kier alpha value is -1.72. The molecule has 0 atom stereocenters. The maximum atomic E-state index is 11.5. The molecule has 0 amide bonds. The second-order valence-corrected chi connectivity index (χ2v) is 4.06. The van der Waals surface area contributed by atoms with Gasteiger partial charge in [-0.15, -0.1) is 0 Å². The van der Waals surface area contributed by atoms with Crippen molar-refractivity contribution >= 4 is 29.2 Å². The second kappa shape index (κ2) is 4.27. The quantitative estimate of drug-likeness (QED) is 0.880. The largest absolute Gasteiger partial charge is 0.477 e. The highest BCUT2D eigenvalue weighted by Gasteiger charge is 2.16. The Morgan fingerprint density at radius 1 is 1.35 bits per heavy atom. The summed E-state index contributed by atoms with van der Waals surface area (Å²) in [6.45, 7) is 0. The van der Waals surface area contributed by atoms with E-state index in [9.17, 15) is 9.59 Å². The van der Waals surface area contributed by atoms with Crippen LogP contribution in [0.3, 0.4) is 0 Å². The lowest BCUT2D eigenvalue weighted by molar-refractivity contribution is 0.0688. The Morgan fingerprint density at radius 2 is 2.06 bits per heavy atom. The fraction of sp³-hybridized carbons (Fsp3) is 0. The SMILES string of the molecule is O=C(O)c1c[nH]c(=O)n1-c1ccc(Cl)cc1Cl. The van der Waals surface area contributed by atoms with Crippen molar-refractivity contribution in [2.45, 2.75) is 0 Å². The van der Waals surface area contributed by atoms with Gasteiger partial charge in [0.1, 0.15) is 0 Å². The van der Waals surface area contributed by atoms with E-state index in [0.29, 0.717) is 5.02 Å². The first-order chi connectivity index (χ1) is 8.00. The lowest BCUT2D eigenvalue weighted by Crippen LogP contribution is -2.19. The molecule has 1 aromatic carbocycles. The molecule has 17 heavy (non-hydrogen) atoms. The monoisotopic (exact) mass is 272 g/mol. The number of H-pyrrole nitrogens is 1. The fourth-order valence-electron chi connectivity index (χ4n) is 1.43. The van der Waals surface area contributed by atoms with E-state index in [4.69, 9.17) is 28.3 Å². The fourth-order valence-corrected chi connectivity index (χ4v) is 1.92. The molecule has 0 aliphatic heterocycles. The van der Waals surface area contributed by atoms with E-state index in [2.05, 4.69) is 4.98 Å². The number of nitrogens with zero attached hydrogens (tertiary/aromatic N) is 1. The summed E-state index contributed by atoms with van der Waals surface area (Å²) in [4.78, 5) is 24.8. The van der Waals surface area contributed by atoms with E-state index in [1.807, 2.05) is 0 Å². The van der Waals surface area contributed by atoms with Gasteiger partial charge in [0.15, 0.2) is 5.69 Å². The number of carbonyl (C=O) groups is 1. The van der Waals surface area contributed by atoms with E-state index in [-0.39, 0.29) is 16.4 Å². The molecule has 1 aromatic heterocycles. The molecule has 2 rings (SSSR count). The number of carboxylic acid groups (broad SMARTS) is 1. The van der Waals surface area contributed by atoms with Crippen LogP contribution in [0.15, 0.2) is 29.2 Å². The topological polar surface area (TPSA) is 75.1 Å². The molecular weight excluding hydrogens is 267 g/mol. The summed E-state index contributed by atoms with van der Waals surface area (Å²) in [5.41, 5.74) is -0.509. The van der Waals surface area contributed by atoms with Gasteiger partial charge in [-0.25, -0.2) is 9.59 Å². The Balaban J connectivity index is 2.72. The molecule has 0 fully saturated rings. The van der Waals surface area contributed by atoms with Gasteiger partial charge in [0.25, 0.3) is 0 Å². The number of rotatable bonds is 2. The van der Waals surface area contributed by atoms with E-state index in [1.54, 1.807) is 0 Å². The first-order valence-corrected chi connectivity index (χ1v) is 5.25. The predicted octanol–water partition coefficient (Wildman–Crippen LogP) is 2.17. The van der Waals surface area contributed by atoms with Crippen LogP contribution in [0.1, 0.15) is 10.5 Å². The number of benzene rings is 1. The van der Waals surface area contributed by atoms with Gasteiger partial charge in [-0.1, -0.05) is 23.2 Å². The van der Waals surface area contributed by atoms with Crippen molar-refractivity contribution in [3.05, 3.63) is 50.6 Å². The molecule has 2 N–H and O–H groups in total. The minimum atomic E-state index is -1.23. The van der Waals surface area contributed by atoms with Crippen LogP contribution in [0.4, 0.5) is 0 Å². The third-order valence-electron chi connectivity index (χ3n) is 2.15. The number of hydrogen-bond acceptors (Lipinski definition) is 2. The van der Waals surface area contributed by atoms with Crippen LogP contribution in [0.25, 0.3) is 5.69 Å². The molecule has 0 aliphatic carbocycles. The summed E-state index contributed by atoms with van der Waals surface area (Å²) in [5.74, 6) is -1.23. The third kappa shape index (κ3) is 2.07. The molecule has 1 heterocycles. The number of imidazole rings is 1. The number of aromatic amines is 1. The van der Waals surface area contributed by atoms with Gasteiger partial charge in [0.2, 0.25) is 0 Å². The molecule has 0 saturated heterocycles. The van der Waals surface area contributed by atoms with Crippen molar-refractivity contribution < 1.29 is 9.90 Å². The number of hydrogen-bond donors (Lipinski definition) is 2. The molecule has 0 saturated carbocycles. The Morgan fingerprint density at radius 3 is 2.65 bits per heavy atom. The Labute approximate surface area is 105 Å². The number of aromatic carboxylic acids is 1. The normalized spacial score (nSPS) is 10.5. The van der Waals surface area contributed by atoms with Crippen molar-refractivity contribution in [3.63, 3.8) is 0 Å². The maximum Gasteiger partial charge on any atom is 0.354 e. The number of carboxylic acids is 1. The molecule has 0 bridgehead atoms. The third-order valence-corrected chi connectivity index (χ3v) is 2.68. The first kappa shape index (κ1) is 11.8. The lowest BCUT2D eigenvalue weighted by atomic mass is 10.3. The first-order valence-electron chi connectivity index (χ1n) is 4.50. The summed E-state index contributed by atoms with van der Waals surface area (Å²) in [5, 5.41) is 9.53. The number of halogens is 2.